The largest absolute Gasteiger partial charge is 0.351 e. The van der Waals surface area contributed by atoms with Gasteiger partial charge in [-0.3, -0.25) is 4.79 Å². The summed E-state index contributed by atoms with van der Waals surface area (Å²) < 4.78 is 0. The first kappa shape index (κ1) is 18.4. The molecule has 1 aliphatic rings. The number of hydrogen-bond acceptors (Lipinski definition) is 5. The molecule has 27 heavy (non-hydrogen) atoms. The minimum atomic E-state index is -0.201. The summed E-state index contributed by atoms with van der Waals surface area (Å²) in [5, 5.41) is 4.96. The maximum atomic E-state index is 12.6. The molecule has 0 bridgehead atoms. The quantitative estimate of drug-likeness (QED) is 0.502. The third kappa shape index (κ3) is 4.01. The van der Waals surface area contributed by atoms with Crippen molar-refractivity contribution in [2.24, 2.45) is 0 Å². The van der Waals surface area contributed by atoms with Crippen LogP contribution in [-0.4, -0.2) is 21.1 Å². The van der Waals surface area contributed by atoms with E-state index in [4.69, 9.17) is 0 Å². The number of aryl methyl sites for hydroxylation is 3. The number of benzene rings is 1. The highest BCUT2D eigenvalue weighted by Crippen LogP contribution is 2.40. The molecule has 140 valence electrons. The molecule has 4 rings (SSSR count). The van der Waals surface area contributed by atoms with Crippen molar-refractivity contribution in [3.8, 4) is 0 Å². The van der Waals surface area contributed by atoms with Crippen LogP contribution in [-0.2, 0) is 24.2 Å². The summed E-state index contributed by atoms with van der Waals surface area (Å²) in [5.41, 5.74) is 3.75. The lowest BCUT2D eigenvalue weighted by Gasteiger charge is -2.14. The van der Waals surface area contributed by atoms with Crippen molar-refractivity contribution >= 4 is 39.2 Å². The van der Waals surface area contributed by atoms with Gasteiger partial charge in [0, 0.05) is 16.8 Å². The summed E-state index contributed by atoms with van der Waals surface area (Å²) in [7, 11) is 0. The number of nitrogens with zero attached hydrogens (tertiary/aromatic N) is 2. The smallest absolute Gasteiger partial charge is 0.233 e. The van der Waals surface area contributed by atoms with Crippen LogP contribution < -0.4 is 5.32 Å². The zero-order chi connectivity index (χ0) is 18.8. The summed E-state index contributed by atoms with van der Waals surface area (Å²) in [5.74, 6) is 0.0384. The van der Waals surface area contributed by atoms with Gasteiger partial charge in [-0.1, -0.05) is 41.6 Å². The number of nitrogens with one attached hydrogen (secondary N) is 1. The molecule has 1 atom stereocenters. The van der Waals surface area contributed by atoms with E-state index in [1.807, 2.05) is 6.92 Å². The average Bonchev–Trinajstić information content (AvgIpc) is 3.07. The van der Waals surface area contributed by atoms with Crippen LogP contribution >= 0.6 is 23.1 Å². The molecule has 0 saturated heterocycles. The molecule has 0 spiro atoms. The minimum absolute atomic E-state index is 0.0384. The third-order valence-electron chi connectivity index (χ3n) is 4.96. The van der Waals surface area contributed by atoms with Crippen molar-refractivity contribution in [1.82, 2.24) is 15.3 Å². The molecule has 0 unspecified atom stereocenters. The molecule has 1 aliphatic carbocycles. The second kappa shape index (κ2) is 7.98. The molecule has 2 heterocycles. The highest BCUT2D eigenvalue weighted by atomic mass is 32.2. The van der Waals surface area contributed by atoms with Gasteiger partial charge in [0.25, 0.3) is 0 Å². The summed E-state index contributed by atoms with van der Waals surface area (Å²) >= 11 is 3.33. The predicted molar refractivity (Wildman–Crippen MR) is 112 cm³/mol. The van der Waals surface area contributed by atoms with E-state index >= 15 is 0 Å². The van der Waals surface area contributed by atoms with Gasteiger partial charge in [-0.25, -0.2) is 9.97 Å². The molecular weight excluding hydrogens is 374 g/mol. The first-order valence-electron chi connectivity index (χ1n) is 9.37. The molecule has 6 heteroatoms. The Morgan fingerprint density at radius 3 is 2.81 bits per heavy atom. The average molecular weight is 398 g/mol. The van der Waals surface area contributed by atoms with Gasteiger partial charge in [0.1, 0.15) is 16.2 Å². The summed E-state index contributed by atoms with van der Waals surface area (Å²) in [6.07, 6.45) is 6.36. The highest BCUT2D eigenvalue weighted by Gasteiger charge is 2.22. The lowest BCUT2D eigenvalue weighted by atomic mass is 9.97. The van der Waals surface area contributed by atoms with Crippen LogP contribution in [0.25, 0.3) is 10.2 Å². The first-order valence-corrected chi connectivity index (χ1v) is 11.1. The summed E-state index contributed by atoms with van der Waals surface area (Å²) in [4.78, 5) is 24.1. The van der Waals surface area contributed by atoms with E-state index in [9.17, 15) is 4.79 Å². The van der Waals surface area contributed by atoms with Crippen LogP contribution in [0.2, 0.25) is 0 Å². The Kier molecular flexibility index (Phi) is 5.45. The zero-order valence-corrected chi connectivity index (χ0v) is 17.3. The Labute approximate surface area is 167 Å². The fraction of sp³-hybridized carbons (Fsp3) is 0.381. The van der Waals surface area contributed by atoms with Gasteiger partial charge in [-0.05, 0) is 50.7 Å². The zero-order valence-electron chi connectivity index (χ0n) is 15.6. The van der Waals surface area contributed by atoms with Gasteiger partial charge in [-0.2, -0.15) is 0 Å². The molecular formula is C21H23N3OS2. The molecule has 1 N–H and O–H groups in total. The summed E-state index contributed by atoms with van der Waals surface area (Å²) in [6.45, 7) is 4.56. The normalized spacial score (nSPS) is 14.7. The van der Waals surface area contributed by atoms with Gasteiger partial charge in [0.2, 0.25) is 5.91 Å². The fourth-order valence-electron chi connectivity index (χ4n) is 3.41. The second-order valence-corrected chi connectivity index (χ2v) is 9.45. The Balaban J connectivity index is 1.47. The molecule has 0 radical (unpaired) electrons. The maximum Gasteiger partial charge on any atom is 0.233 e. The van der Waals surface area contributed by atoms with Crippen LogP contribution in [0.1, 0.15) is 41.3 Å². The third-order valence-corrected chi connectivity index (χ3v) is 7.26. The van der Waals surface area contributed by atoms with Gasteiger partial charge in [0.05, 0.1) is 5.25 Å². The fourth-order valence-corrected chi connectivity index (χ4v) is 5.67. The minimum Gasteiger partial charge on any atom is -0.351 e. The standard InChI is InChI=1S/C21H23N3OS2/c1-13-7-9-15(10-8-13)11-22-19(25)14(2)26-20-18-16-5-3-4-6-17(16)27-21(18)24-12-23-20/h7-10,12,14H,3-6,11H2,1-2H3,(H,22,25)/t14-/m0/s1. The Morgan fingerprint density at radius 1 is 1.22 bits per heavy atom. The number of aromatic nitrogens is 2. The summed E-state index contributed by atoms with van der Waals surface area (Å²) in [6, 6.07) is 8.24. The molecule has 0 fully saturated rings. The number of rotatable bonds is 5. The number of hydrogen-bond donors (Lipinski definition) is 1. The first-order chi connectivity index (χ1) is 13.1. The van der Waals surface area contributed by atoms with E-state index in [0.717, 1.165) is 28.3 Å². The number of carbonyl (C=O) groups is 1. The van der Waals surface area contributed by atoms with Crippen molar-refractivity contribution in [3.63, 3.8) is 0 Å². The van der Waals surface area contributed by atoms with Gasteiger partial charge in [0.15, 0.2) is 0 Å². The maximum absolute atomic E-state index is 12.6. The van der Waals surface area contributed by atoms with Crippen molar-refractivity contribution in [2.45, 2.75) is 56.4 Å². The van der Waals surface area contributed by atoms with E-state index in [0.29, 0.717) is 6.54 Å². The van der Waals surface area contributed by atoms with E-state index in [1.165, 1.54) is 46.0 Å². The monoisotopic (exact) mass is 397 g/mol. The van der Waals surface area contributed by atoms with Crippen LogP contribution in [0.3, 0.4) is 0 Å². The highest BCUT2D eigenvalue weighted by molar-refractivity contribution is 8.00. The molecule has 0 saturated carbocycles. The SMILES string of the molecule is Cc1ccc(CNC(=O)[C@H](C)Sc2ncnc3sc4c(c23)CCCC4)cc1. The Bertz CT molecular complexity index is 965. The number of thioether (sulfide) groups is 1. The van der Waals surface area contributed by atoms with Crippen molar-refractivity contribution in [1.29, 1.82) is 0 Å². The molecule has 3 aromatic rings. The molecule has 4 nitrogen and oxygen atoms in total. The molecule has 2 aromatic heterocycles. The van der Waals surface area contributed by atoms with E-state index in [-0.39, 0.29) is 11.2 Å². The van der Waals surface area contributed by atoms with Gasteiger partial charge < -0.3 is 5.32 Å². The van der Waals surface area contributed by atoms with Gasteiger partial charge >= 0.3 is 0 Å². The van der Waals surface area contributed by atoms with Crippen molar-refractivity contribution in [3.05, 3.63) is 52.2 Å². The van der Waals surface area contributed by atoms with E-state index in [2.05, 4.69) is 46.5 Å². The van der Waals surface area contributed by atoms with Crippen LogP contribution in [0.4, 0.5) is 0 Å². The van der Waals surface area contributed by atoms with E-state index < -0.39 is 0 Å². The second-order valence-electron chi connectivity index (χ2n) is 7.03. The Hall–Kier alpha value is -1.92. The van der Waals surface area contributed by atoms with Crippen molar-refractivity contribution in [2.75, 3.05) is 0 Å². The van der Waals surface area contributed by atoms with Crippen molar-refractivity contribution < 1.29 is 4.79 Å². The molecule has 1 aromatic carbocycles. The molecule has 1 amide bonds. The van der Waals surface area contributed by atoms with E-state index in [1.54, 1.807) is 17.7 Å². The van der Waals surface area contributed by atoms with Crippen LogP contribution in [0.5, 0.6) is 0 Å². The number of amides is 1. The predicted octanol–water partition coefficient (Wildman–Crippen LogP) is 4.68. The van der Waals surface area contributed by atoms with Gasteiger partial charge in [-0.15, -0.1) is 11.3 Å². The van der Waals surface area contributed by atoms with Crippen LogP contribution in [0, 0.1) is 6.92 Å². The number of thiophene rings is 1. The Morgan fingerprint density at radius 2 is 2.00 bits per heavy atom. The molecule has 0 aliphatic heterocycles. The lowest BCUT2D eigenvalue weighted by molar-refractivity contribution is -0.120. The lowest BCUT2D eigenvalue weighted by Crippen LogP contribution is -2.30. The number of carbonyl (C=O) groups excluding carboxylic acids is 1. The topological polar surface area (TPSA) is 54.9 Å². The van der Waals surface area contributed by atoms with Crippen LogP contribution in [0.15, 0.2) is 35.6 Å². The number of fused-ring (bicyclic) bond motifs is 3.